The lowest BCUT2D eigenvalue weighted by molar-refractivity contribution is -0.121. The summed E-state index contributed by atoms with van der Waals surface area (Å²) in [6.07, 6.45) is 3.02. The minimum Gasteiger partial charge on any atom is -0.300 e. The summed E-state index contributed by atoms with van der Waals surface area (Å²) < 4.78 is 0. The van der Waals surface area contributed by atoms with E-state index in [4.69, 9.17) is 5.84 Å². The first-order chi connectivity index (χ1) is 5.74. The van der Waals surface area contributed by atoms with Crippen LogP contribution in [0.25, 0.3) is 0 Å². The standard InChI is InChI=1S/C8H17N3O/c1-7-3-2-5-11(7)6-4-8(12)10-9/h7H,2-6,9H2,1H3,(H,10,12). The molecule has 1 rings (SSSR count). The normalized spacial score (nSPS) is 24.3. The first-order valence-electron chi connectivity index (χ1n) is 4.47. The molecule has 0 aliphatic carbocycles. The van der Waals surface area contributed by atoms with Crippen molar-refractivity contribution in [3.05, 3.63) is 0 Å². The molecule has 1 atom stereocenters. The number of likely N-dealkylation sites (tertiary alicyclic amines) is 1. The van der Waals surface area contributed by atoms with E-state index < -0.39 is 0 Å². The van der Waals surface area contributed by atoms with Crippen LogP contribution in [0.2, 0.25) is 0 Å². The van der Waals surface area contributed by atoms with E-state index in [0.29, 0.717) is 12.5 Å². The van der Waals surface area contributed by atoms with Crippen LogP contribution in [0.5, 0.6) is 0 Å². The van der Waals surface area contributed by atoms with Gasteiger partial charge in [0.2, 0.25) is 5.91 Å². The van der Waals surface area contributed by atoms with Crippen molar-refractivity contribution in [2.45, 2.75) is 32.2 Å². The number of carbonyl (C=O) groups is 1. The summed E-state index contributed by atoms with van der Waals surface area (Å²) in [6, 6.07) is 0.635. The van der Waals surface area contributed by atoms with Crippen LogP contribution in [0, 0.1) is 0 Å². The second-order valence-electron chi connectivity index (χ2n) is 3.34. The highest BCUT2D eigenvalue weighted by molar-refractivity contribution is 5.75. The summed E-state index contributed by atoms with van der Waals surface area (Å²) in [6.45, 7) is 4.16. The van der Waals surface area contributed by atoms with Crippen molar-refractivity contribution >= 4 is 5.91 Å². The molecule has 4 heteroatoms. The fourth-order valence-corrected chi connectivity index (χ4v) is 1.64. The van der Waals surface area contributed by atoms with Crippen molar-refractivity contribution in [1.82, 2.24) is 10.3 Å². The number of hydrazine groups is 1. The Morgan fingerprint density at radius 2 is 2.50 bits per heavy atom. The second kappa shape index (κ2) is 4.42. The molecule has 0 spiro atoms. The summed E-state index contributed by atoms with van der Waals surface area (Å²) >= 11 is 0. The first kappa shape index (κ1) is 9.48. The predicted octanol–water partition coefficient (Wildman–Crippen LogP) is -0.149. The summed E-state index contributed by atoms with van der Waals surface area (Å²) in [5, 5.41) is 0. The Hall–Kier alpha value is -0.610. The highest BCUT2D eigenvalue weighted by Gasteiger charge is 2.19. The fraction of sp³-hybridized carbons (Fsp3) is 0.875. The van der Waals surface area contributed by atoms with Gasteiger partial charge in [-0.15, -0.1) is 0 Å². The van der Waals surface area contributed by atoms with Crippen LogP contribution >= 0.6 is 0 Å². The van der Waals surface area contributed by atoms with Crippen LogP contribution in [0.1, 0.15) is 26.2 Å². The van der Waals surface area contributed by atoms with Gasteiger partial charge in [0.25, 0.3) is 0 Å². The Balaban J connectivity index is 2.18. The largest absolute Gasteiger partial charge is 0.300 e. The molecular weight excluding hydrogens is 154 g/mol. The van der Waals surface area contributed by atoms with Gasteiger partial charge in [-0.1, -0.05) is 0 Å². The van der Waals surface area contributed by atoms with Gasteiger partial charge in [0, 0.05) is 19.0 Å². The molecular formula is C8H17N3O. The molecule has 0 radical (unpaired) electrons. The van der Waals surface area contributed by atoms with Crippen molar-refractivity contribution in [1.29, 1.82) is 0 Å². The maximum absolute atomic E-state index is 10.8. The van der Waals surface area contributed by atoms with Gasteiger partial charge in [0.15, 0.2) is 0 Å². The van der Waals surface area contributed by atoms with Crippen LogP contribution in [-0.2, 0) is 4.79 Å². The predicted molar refractivity (Wildman–Crippen MR) is 47.2 cm³/mol. The van der Waals surface area contributed by atoms with E-state index in [1.165, 1.54) is 12.8 Å². The zero-order valence-electron chi connectivity index (χ0n) is 7.55. The number of carbonyl (C=O) groups excluding carboxylic acids is 1. The molecule has 12 heavy (non-hydrogen) atoms. The highest BCUT2D eigenvalue weighted by atomic mass is 16.2. The van der Waals surface area contributed by atoms with Crippen LogP contribution in [0.15, 0.2) is 0 Å². The first-order valence-corrected chi connectivity index (χ1v) is 4.47. The molecule has 1 fully saturated rings. The van der Waals surface area contributed by atoms with Crippen LogP contribution in [-0.4, -0.2) is 29.9 Å². The topological polar surface area (TPSA) is 58.4 Å². The molecule has 1 amide bonds. The van der Waals surface area contributed by atoms with Crippen molar-refractivity contribution in [3.63, 3.8) is 0 Å². The van der Waals surface area contributed by atoms with Gasteiger partial charge >= 0.3 is 0 Å². The van der Waals surface area contributed by atoms with Crippen molar-refractivity contribution in [2.75, 3.05) is 13.1 Å². The van der Waals surface area contributed by atoms with E-state index in [1.807, 2.05) is 0 Å². The Labute approximate surface area is 73.1 Å². The Morgan fingerprint density at radius 3 is 3.00 bits per heavy atom. The Morgan fingerprint density at radius 1 is 1.75 bits per heavy atom. The van der Waals surface area contributed by atoms with Crippen molar-refractivity contribution < 1.29 is 4.79 Å². The molecule has 0 bridgehead atoms. The van der Waals surface area contributed by atoms with E-state index in [0.717, 1.165) is 13.1 Å². The summed E-state index contributed by atoms with van der Waals surface area (Å²) in [4.78, 5) is 13.1. The Kier molecular flexibility index (Phi) is 3.49. The maximum atomic E-state index is 10.8. The van der Waals surface area contributed by atoms with Crippen LogP contribution < -0.4 is 11.3 Å². The number of amides is 1. The van der Waals surface area contributed by atoms with E-state index in [1.54, 1.807) is 0 Å². The van der Waals surface area contributed by atoms with Crippen molar-refractivity contribution in [2.24, 2.45) is 5.84 Å². The lowest BCUT2D eigenvalue weighted by atomic mass is 10.2. The summed E-state index contributed by atoms with van der Waals surface area (Å²) in [5.41, 5.74) is 2.14. The highest BCUT2D eigenvalue weighted by Crippen LogP contribution is 2.15. The molecule has 1 unspecified atom stereocenters. The average Bonchev–Trinajstić information content (AvgIpc) is 2.47. The lowest BCUT2D eigenvalue weighted by Gasteiger charge is -2.19. The van der Waals surface area contributed by atoms with Gasteiger partial charge in [0.1, 0.15) is 0 Å². The zero-order valence-corrected chi connectivity index (χ0v) is 7.55. The SMILES string of the molecule is CC1CCCN1CCC(=O)NN. The average molecular weight is 171 g/mol. The molecule has 0 aromatic rings. The van der Waals surface area contributed by atoms with Gasteiger partial charge in [-0.25, -0.2) is 5.84 Å². The van der Waals surface area contributed by atoms with E-state index in [2.05, 4.69) is 17.2 Å². The van der Waals surface area contributed by atoms with Crippen LogP contribution in [0.3, 0.4) is 0 Å². The molecule has 1 aliphatic heterocycles. The molecule has 1 heterocycles. The fourth-order valence-electron chi connectivity index (χ4n) is 1.64. The molecule has 70 valence electrons. The van der Waals surface area contributed by atoms with Crippen molar-refractivity contribution in [3.8, 4) is 0 Å². The van der Waals surface area contributed by atoms with E-state index in [-0.39, 0.29) is 5.91 Å². The van der Waals surface area contributed by atoms with Crippen LogP contribution in [0.4, 0.5) is 0 Å². The van der Waals surface area contributed by atoms with Gasteiger partial charge in [-0.05, 0) is 26.3 Å². The number of nitrogens with two attached hydrogens (primary N) is 1. The third-order valence-corrected chi connectivity index (χ3v) is 2.48. The summed E-state index contributed by atoms with van der Waals surface area (Å²) in [5.74, 6) is 4.90. The Bertz CT molecular complexity index is 160. The summed E-state index contributed by atoms with van der Waals surface area (Å²) in [7, 11) is 0. The molecule has 3 N–H and O–H groups in total. The maximum Gasteiger partial charge on any atom is 0.235 e. The van der Waals surface area contributed by atoms with Gasteiger partial charge in [-0.2, -0.15) is 0 Å². The minimum absolute atomic E-state index is 0.0749. The zero-order chi connectivity index (χ0) is 8.97. The quantitative estimate of drug-likeness (QED) is 0.353. The molecule has 1 saturated heterocycles. The molecule has 1 aliphatic rings. The number of rotatable bonds is 3. The number of nitrogens with one attached hydrogen (secondary N) is 1. The molecule has 0 aromatic heterocycles. The van der Waals surface area contributed by atoms with Gasteiger partial charge in [0.05, 0.1) is 0 Å². The number of hydrogen-bond acceptors (Lipinski definition) is 3. The molecule has 0 aromatic carbocycles. The smallest absolute Gasteiger partial charge is 0.235 e. The minimum atomic E-state index is -0.0749. The number of hydrogen-bond donors (Lipinski definition) is 2. The lowest BCUT2D eigenvalue weighted by Crippen LogP contribution is -2.35. The number of nitrogens with zero attached hydrogens (tertiary/aromatic N) is 1. The molecule has 0 saturated carbocycles. The second-order valence-corrected chi connectivity index (χ2v) is 3.34. The third kappa shape index (κ3) is 2.46. The van der Waals surface area contributed by atoms with Gasteiger partial charge < -0.3 is 4.90 Å². The third-order valence-electron chi connectivity index (χ3n) is 2.48. The van der Waals surface area contributed by atoms with E-state index >= 15 is 0 Å². The van der Waals surface area contributed by atoms with Gasteiger partial charge in [-0.3, -0.25) is 10.2 Å². The monoisotopic (exact) mass is 171 g/mol. The van der Waals surface area contributed by atoms with E-state index in [9.17, 15) is 4.79 Å². The molecule has 4 nitrogen and oxygen atoms in total.